The Hall–Kier alpha value is -2.24. The van der Waals surface area contributed by atoms with Crippen molar-refractivity contribution >= 4 is 11.7 Å². The van der Waals surface area contributed by atoms with Crippen molar-refractivity contribution in [2.75, 3.05) is 5.32 Å². The maximum atomic E-state index is 12.9. The van der Waals surface area contributed by atoms with E-state index in [4.69, 9.17) is 0 Å². The van der Waals surface area contributed by atoms with Crippen LogP contribution in [0.5, 0.6) is 0 Å². The summed E-state index contributed by atoms with van der Waals surface area (Å²) < 4.78 is 12.9. The van der Waals surface area contributed by atoms with Crippen LogP contribution in [0.2, 0.25) is 0 Å². The van der Waals surface area contributed by atoms with Crippen molar-refractivity contribution in [2.45, 2.75) is 26.2 Å². The van der Waals surface area contributed by atoms with Gasteiger partial charge >= 0.3 is 0 Å². The summed E-state index contributed by atoms with van der Waals surface area (Å²) in [6.45, 7) is 2.11. The van der Waals surface area contributed by atoms with Gasteiger partial charge in [0.05, 0.1) is 11.8 Å². The van der Waals surface area contributed by atoms with Crippen LogP contribution in [0.3, 0.4) is 0 Å². The van der Waals surface area contributed by atoms with E-state index in [2.05, 4.69) is 27.4 Å². The molecule has 19 heavy (non-hydrogen) atoms. The molecule has 2 rings (SSSR count). The number of pyridine rings is 1. The number of unbranched alkanes of at least 4 members (excludes halogenated alkanes) is 1. The van der Waals surface area contributed by atoms with Gasteiger partial charge in [0, 0.05) is 18.0 Å². The molecule has 0 saturated carbocycles. The molecule has 2 heterocycles. The van der Waals surface area contributed by atoms with E-state index in [1.54, 1.807) is 6.07 Å². The van der Waals surface area contributed by atoms with Gasteiger partial charge in [0.15, 0.2) is 5.82 Å². The number of aromatic nitrogens is 3. The third kappa shape index (κ3) is 3.61. The predicted molar refractivity (Wildman–Crippen MR) is 69.3 cm³/mol. The molecule has 0 fully saturated rings. The molecule has 2 N–H and O–H groups in total. The number of carbonyl (C=O) groups excluding carboxylic acids is 1. The third-order valence-electron chi connectivity index (χ3n) is 2.64. The molecule has 0 aromatic carbocycles. The van der Waals surface area contributed by atoms with Gasteiger partial charge in [-0.3, -0.25) is 14.9 Å². The van der Waals surface area contributed by atoms with Gasteiger partial charge in [-0.2, -0.15) is 5.10 Å². The molecule has 2 aromatic heterocycles. The average Bonchev–Trinajstić information content (AvgIpc) is 2.84. The first-order chi connectivity index (χ1) is 9.19. The third-order valence-corrected chi connectivity index (χ3v) is 2.64. The molecule has 0 radical (unpaired) electrons. The zero-order valence-electron chi connectivity index (χ0n) is 10.6. The average molecular weight is 262 g/mol. The summed E-state index contributed by atoms with van der Waals surface area (Å²) in [7, 11) is 0. The summed E-state index contributed by atoms with van der Waals surface area (Å²) in [6, 6.07) is 2.91. The molecule has 0 spiro atoms. The van der Waals surface area contributed by atoms with Gasteiger partial charge in [0.1, 0.15) is 5.82 Å². The van der Waals surface area contributed by atoms with Crippen molar-refractivity contribution in [1.82, 2.24) is 15.2 Å². The fraction of sp³-hybridized carbons (Fsp3) is 0.308. The van der Waals surface area contributed by atoms with Gasteiger partial charge in [-0.15, -0.1) is 0 Å². The summed E-state index contributed by atoms with van der Waals surface area (Å²) in [6.07, 6.45) is 5.40. The number of halogens is 1. The lowest BCUT2D eigenvalue weighted by Crippen LogP contribution is -2.12. The molecule has 2 aromatic rings. The number of nitrogens with one attached hydrogen (secondary N) is 2. The van der Waals surface area contributed by atoms with Crippen LogP contribution in [0.25, 0.3) is 0 Å². The lowest BCUT2D eigenvalue weighted by atomic mass is 10.2. The largest absolute Gasteiger partial charge is 0.305 e. The van der Waals surface area contributed by atoms with Gasteiger partial charge in [0.2, 0.25) is 0 Å². The molecule has 6 heteroatoms. The second kappa shape index (κ2) is 6.08. The van der Waals surface area contributed by atoms with Gasteiger partial charge in [-0.25, -0.2) is 4.39 Å². The molecular formula is C13H15FN4O. The van der Waals surface area contributed by atoms with E-state index in [-0.39, 0.29) is 5.56 Å². The summed E-state index contributed by atoms with van der Waals surface area (Å²) in [5.41, 5.74) is 1.13. The molecule has 0 bridgehead atoms. The Morgan fingerprint density at radius 3 is 3.00 bits per heavy atom. The van der Waals surface area contributed by atoms with Gasteiger partial charge in [-0.05, 0) is 18.9 Å². The number of amides is 1. The number of nitrogens with zero attached hydrogens (tertiary/aromatic N) is 2. The number of hydrogen-bond acceptors (Lipinski definition) is 3. The maximum Gasteiger partial charge on any atom is 0.258 e. The fourth-order valence-corrected chi connectivity index (χ4v) is 1.65. The molecule has 0 atom stereocenters. The van der Waals surface area contributed by atoms with E-state index >= 15 is 0 Å². The van der Waals surface area contributed by atoms with Gasteiger partial charge in [0.25, 0.3) is 5.91 Å². The lowest BCUT2D eigenvalue weighted by Gasteiger charge is -2.00. The molecular weight excluding hydrogens is 247 g/mol. The standard InChI is InChI=1S/C13H15FN4O/c1-2-3-4-11-6-12(18-17-11)16-13(19)9-5-10(14)8-15-7-9/h5-8H,2-4H2,1H3,(H2,16,17,18,19). The monoisotopic (exact) mass is 262 g/mol. The zero-order valence-corrected chi connectivity index (χ0v) is 10.6. The maximum absolute atomic E-state index is 12.9. The minimum absolute atomic E-state index is 0.165. The Bertz CT molecular complexity index is 567. The first kappa shape index (κ1) is 13.2. The van der Waals surface area contributed by atoms with Crippen LogP contribution in [-0.2, 0) is 6.42 Å². The normalized spacial score (nSPS) is 10.4. The Labute approximate surface area is 110 Å². The SMILES string of the molecule is CCCCc1cc(NC(=O)c2cncc(F)c2)n[nH]1. The lowest BCUT2D eigenvalue weighted by molar-refractivity contribution is 0.102. The molecule has 5 nitrogen and oxygen atoms in total. The minimum Gasteiger partial charge on any atom is -0.305 e. The van der Waals surface area contributed by atoms with Gasteiger partial charge in [-0.1, -0.05) is 13.3 Å². The summed E-state index contributed by atoms with van der Waals surface area (Å²) in [5.74, 6) is -0.542. The summed E-state index contributed by atoms with van der Waals surface area (Å²) >= 11 is 0. The number of aromatic amines is 1. The van der Waals surface area contributed by atoms with Crippen LogP contribution in [-0.4, -0.2) is 21.1 Å². The highest BCUT2D eigenvalue weighted by atomic mass is 19.1. The van der Waals surface area contributed by atoms with E-state index in [0.717, 1.165) is 37.2 Å². The van der Waals surface area contributed by atoms with Crippen LogP contribution in [0.4, 0.5) is 10.2 Å². The first-order valence-electron chi connectivity index (χ1n) is 6.15. The highest BCUT2D eigenvalue weighted by Crippen LogP contribution is 2.10. The number of aryl methyl sites for hydroxylation is 1. The van der Waals surface area contributed by atoms with E-state index in [0.29, 0.717) is 5.82 Å². The zero-order chi connectivity index (χ0) is 13.7. The summed E-state index contributed by atoms with van der Waals surface area (Å²) in [4.78, 5) is 15.4. The number of rotatable bonds is 5. The first-order valence-corrected chi connectivity index (χ1v) is 6.15. The van der Waals surface area contributed by atoms with Crippen molar-refractivity contribution in [3.8, 4) is 0 Å². The molecule has 0 aliphatic rings. The fourth-order valence-electron chi connectivity index (χ4n) is 1.65. The van der Waals surface area contributed by atoms with Crippen LogP contribution in [0, 0.1) is 5.82 Å². The molecule has 0 saturated heterocycles. The molecule has 0 aliphatic carbocycles. The molecule has 0 aliphatic heterocycles. The highest BCUT2D eigenvalue weighted by molar-refractivity contribution is 6.03. The summed E-state index contributed by atoms with van der Waals surface area (Å²) in [5, 5.41) is 9.43. The number of H-pyrrole nitrogens is 1. The Morgan fingerprint density at radius 1 is 1.42 bits per heavy atom. The Kier molecular flexibility index (Phi) is 4.22. The smallest absolute Gasteiger partial charge is 0.258 e. The second-order valence-corrected chi connectivity index (χ2v) is 4.23. The number of hydrogen-bond donors (Lipinski definition) is 2. The van der Waals surface area contributed by atoms with Crippen molar-refractivity contribution in [3.63, 3.8) is 0 Å². The number of anilines is 1. The van der Waals surface area contributed by atoms with E-state index in [1.807, 2.05) is 0 Å². The predicted octanol–water partition coefficient (Wildman–Crippen LogP) is 2.54. The quantitative estimate of drug-likeness (QED) is 0.869. The number of carbonyl (C=O) groups is 1. The van der Waals surface area contributed by atoms with Gasteiger partial charge < -0.3 is 5.32 Å². The van der Waals surface area contributed by atoms with Crippen LogP contribution in [0.15, 0.2) is 24.5 Å². The van der Waals surface area contributed by atoms with Crippen molar-refractivity contribution in [3.05, 3.63) is 41.6 Å². The topological polar surface area (TPSA) is 70.7 Å². The minimum atomic E-state index is -0.543. The van der Waals surface area contributed by atoms with E-state index in [1.165, 1.54) is 6.20 Å². The van der Waals surface area contributed by atoms with Crippen molar-refractivity contribution in [2.24, 2.45) is 0 Å². The van der Waals surface area contributed by atoms with Crippen LogP contribution >= 0.6 is 0 Å². The molecule has 1 amide bonds. The Morgan fingerprint density at radius 2 is 2.26 bits per heavy atom. The van der Waals surface area contributed by atoms with Crippen LogP contribution < -0.4 is 5.32 Å². The van der Waals surface area contributed by atoms with Crippen LogP contribution in [0.1, 0.15) is 35.8 Å². The van der Waals surface area contributed by atoms with Crippen molar-refractivity contribution < 1.29 is 9.18 Å². The second-order valence-electron chi connectivity index (χ2n) is 4.23. The molecule has 0 unspecified atom stereocenters. The highest BCUT2D eigenvalue weighted by Gasteiger charge is 2.09. The van der Waals surface area contributed by atoms with Crippen molar-refractivity contribution in [1.29, 1.82) is 0 Å². The molecule has 100 valence electrons. The van der Waals surface area contributed by atoms with E-state index < -0.39 is 11.7 Å². The van der Waals surface area contributed by atoms with E-state index in [9.17, 15) is 9.18 Å². The Balaban J connectivity index is 2.00.